The molecular weight excluding hydrogens is 530 g/mol. The Morgan fingerprint density at radius 1 is 0.250 bits per heavy atom. The first-order valence-corrected chi connectivity index (χ1v) is 15.1. The number of fused-ring (bicyclic) bond motifs is 2. The van der Waals surface area contributed by atoms with Crippen LogP contribution in [0.5, 0.6) is 0 Å². The van der Waals surface area contributed by atoms with E-state index in [2.05, 4.69) is 176 Å². The summed E-state index contributed by atoms with van der Waals surface area (Å²) in [5.41, 5.74) is 11.4. The first-order valence-electron chi connectivity index (χ1n) is 15.1. The van der Waals surface area contributed by atoms with Crippen molar-refractivity contribution in [2.75, 3.05) is 0 Å². The Balaban J connectivity index is 1.44. The highest BCUT2D eigenvalue weighted by Crippen LogP contribution is 2.45. The lowest BCUT2D eigenvalue weighted by atomic mass is 9.85. The largest absolute Gasteiger partial charge is 0.248 e. The minimum atomic E-state index is 0.966. The Kier molecular flexibility index (Phi) is 6.55. The van der Waals surface area contributed by atoms with Crippen molar-refractivity contribution >= 4 is 21.5 Å². The van der Waals surface area contributed by atoms with E-state index < -0.39 is 0 Å². The van der Waals surface area contributed by atoms with Crippen LogP contribution in [0.3, 0.4) is 0 Å². The zero-order valence-electron chi connectivity index (χ0n) is 24.2. The predicted octanol–water partition coefficient (Wildman–Crippen LogP) is 11.7. The van der Waals surface area contributed by atoms with Gasteiger partial charge in [-0.05, 0) is 73.1 Å². The van der Waals surface area contributed by atoms with Gasteiger partial charge in [-0.25, -0.2) is 4.98 Å². The van der Waals surface area contributed by atoms with Crippen LogP contribution < -0.4 is 0 Å². The van der Waals surface area contributed by atoms with Crippen LogP contribution in [0.2, 0.25) is 0 Å². The lowest BCUT2D eigenvalue weighted by Crippen LogP contribution is -1.93. The van der Waals surface area contributed by atoms with Crippen molar-refractivity contribution in [3.05, 3.63) is 176 Å². The predicted molar refractivity (Wildman–Crippen MR) is 186 cm³/mol. The summed E-state index contributed by atoms with van der Waals surface area (Å²) in [6.07, 6.45) is 0. The van der Waals surface area contributed by atoms with E-state index in [1.54, 1.807) is 0 Å². The van der Waals surface area contributed by atoms with E-state index >= 15 is 0 Å². The number of rotatable bonds is 5. The Hall–Kier alpha value is -5.79. The van der Waals surface area contributed by atoms with Crippen molar-refractivity contribution in [2.45, 2.75) is 0 Å². The molecule has 1 nitrogen and oxygen atoms in total. The van der Waals surface area contributed by atoms with Crippen LogP contribution in [0.15, 0.2) is 176 Å². The van der Waals surface area contributed by atoms with Crippen LogP contribution in [-0.2, 0) is 0 Å². The van der Waals surface area contributed by atoms with Crippen LogP contribution in [0, 0.1) is 0 Å². The van der Waals surface area contributed by atoms with Gasteiger partial charge in [0.2, 0.25) is 0 Å². The lowest BCUT2D eigenvalue weighted by molar-refractivity contribution is 1.32. The summed E-state index contributed by atoms with van der Waals surface area (Å²) in [7, 11) is 0. The summed E-state index contributed by atoms with van der Waals surface area (Å²) in [5.74, 6) is 0. The molecule has 44 heavy (non-hydrogen) atoms. The highest BCUT2D eigenvalue weighted by atomic mass is 14.7. The average molecular weight is 560 g/mol. The normalized spacial score (nSPS) is 11.2. The molecule has 0 spiro atoms. The summed E-state index contributed by atoms with van der Waals surface area (Å²) in [4.78, 5) is 5.12. The topological polar surface area (TPSA) is 12.9 Å². The van der Waals surface area contributed by atoms with E-state index in [1.807, 2.05) is 0 Å². The van der Waals surface area contributed by atoms with Crippen LogP contribution in [0.25, 0.3) is 77.4 Å². The summed E-state index contributed by atoms with van der Waals surface area (Å²) in [5, 5.41) is 5.01. The third-order valence-corrected chi connectivity index (χ3v) is 8.45. The summed E-state index contributed by atoms with van der Waals surface area (Å²) in [6, 6.07) is 62.8. The molecule has 0 fully saturated rings. The van der Waals surface area contributed by atoms with Crippen LogP contribution in [0.1, 0.15) is 0 Å². The van der Waals surface area contributed by atoms with Gasteiger partial charge in [0.1, 0.15) is 0 Å². The monoisotopic (exact) mass is 559 g/mol. The third-order valence-electron chi connectivity index (χ3n) is 8.45. The molecule has 0 amide bonds. The van der Waals surface area contributed by atoms with Gasteiger partial charge in [0.15, 0.2) is 0 Å². The second-order valence-electron chi connectivity index (χ2n) is 11.1. The molecule has 1 heteroatoms. The molecule has 8 aromatic rings. The van der Waals surface area contributed by atoms with E-state index in [4.69, 9.17) is 4.98 Å². The van der Waals surface area contributed by atoms with Crippen molar-refractivity contribution in [1.82, 2.24) is 4.98 Å². The molecule has 7 aromatic carbocycles. The Bertz CT molecular complexity index is 2180. The maximum absolute atomic E-state index is 5.12. The Labute approximate surface area is 257 Å². The molecule has 0 aliphatic carbocycles. The summed E-state index contributed by atoms with van der Waals surface area (Å²) in [6.45, 7) is 0. The Morgan fingerprint density at radius 2 is 0.636 bits per heavy atom. The van der Waals surface area contributed by atoms with Crippen LogP contribution in [-0.4, -0.2) is 4.98 Å². The molecule has 0 aliphatic heterocycles. The molecule has 0 bridgehead atoms. The fourth-order valence-electron chi connectivity index (χ4n) is 6.40. The second-order valence-corrected chi connectivity index (χ2v) is 11.1. The number of hydrogen-bond acceptors (Lipinski definition) is 1. The molecular formula is C43H29N. The quantitative estimate of drug-likeness (QED) is 0.191. The third kappa shape index (κ3) is 4.65. The smallest absolute Gasteiger partial charge is 0.0715 e. The molecule has 206 valence electrons. The van der Waals surface area contributed by atoms with Gasteiger partial charge in [-0.1, -0.05) is 158 Å². The SMILES string of the molecule is c1ccc(-c2cc(-c3ccc4c(-c5ccccc5)c5ccccc5c(-c5ccccc5)c4c3)cc(-c3ccccc3)n2)cc1. The first kappa shape index (κ1) is 25.9. The van der Waals surface area contributed by atoms with Crippen molar-refractivity contribution < 1.29 is 0 Å². The minimum Gasteiger partial charge on any atom is -0.248 e. The first-order chi connectivity index (χ1) is 21.8. The van der Waals surface area contributed by atoms with Crippen molar-refractivity contribution in [2.24, 2.45) is 0 Å². The molecule has 0 unspecified atom stereocenters. The summed E-state index contributed by atoms with van der Waals surface area (Å²) < 4.78 is 0. The zero-order chi connectivity index (χ0) is 29.3. The minimum absolute atomic E-state index is 0.966. The molecule has 1 heterocycles. The van der Waals surface area contributed by atoms with E-state index in [0.717, 1.165) is 28.1 Å². The van der Waals surface area contributed by atoms with Gasteiger partial charge in [0, 0.05) is 11.1 Å². The van der Waals surface area contributed by atoms with Crippen molar-refractivity contribution in [1.29, 1.82) is 0 Å². The standard InChI is InChI=1S/C43H29N/c1-5-15-30(16-6-1)40-28-35(29-41(44-40)31-17-7-2-8-18-31)34-25-26-38-39(27-34)43(33-21-11-4-12-22-33)37-24-14-13-23-36(37)42(38)32-19-9-3-10-20-32/h1-29H. The van der Waals surface area contributed by atoms with Gasteiger partial charge in [0.05, 0.1) is 11.4 Å². The van der Waals surface area contributed by atoms with Gasteiger partial charge in [0.25, 0.3) is 0 Å². The van der Waals surface area contributed by atoms with E-state index in [1.165, 1.54) is 49.4 Å². The Morgan fingerprint density at radius 3 is 1.11 bits per heavy atom. The number of hydrogen-bond donors (Lipinski definition) is 0. The highest BCUT2D eigenvalue weighted by Gasteiger charge is 2.18. The highest BCUT2D eigenvalue weighted by molar-refractivity contribution is 6.22. The van der Waals surface area contributed by atoms with Crippen molar-refractivity contribution in [3.63, 3.8) is 0 Å². The molecule has 0 N–H and O–H groups in total. The fraction of sp³-hybridized carbons (Fsp3) is 0. The second kappa shape index (κ2) is 11.1. The van der Waals surface area contributed by atoms with Crippen molar-refractivity contribution in [3.8, 4) is 55.9 Å². The van der Waals surface area contributed by atoms with Crippen LogP contribution in [0.4, 0.5) is 0 Å². The molecule has 1 aromatic heterocycles. The molecule has 8 rings (SSSR count). The van der Waals surface area contributed by atoms with Gasteiger partial charge < -0.3 is 0 Å². The molecule has 0 saturated heterocycles. The number of pyridine rings is 1. The molecule has 0 saturated carbocycles. The molecule has 0 aliphatic rings. The van der Waals surface area contributed by atoms with Gasteiger partial charge in [-0.2, -0.15) is 0 Å². The lowest BCUT2D eigenvalue weighted by Gasteiger charge is -2.19. The fourth-order valence-corrected chi connectivity index (χ4v) is 6.40. The molecule has 0 radical (unpaired) electrons. The van der Waals surface area contributed by atoms with Crippen LogP contribution >= 0.6 is 0 Å². The van der Waals surface area contributed by atoms with E-state index in [0.29, 0.717) is 0 Å². The number of benzene rings is 7. The van der Waals surface area contributed by atoms with Gasteiger partial charge >= 0.3 is 0 Å². The molecule has 0 atom stereocenters. The van der Waals surface area contributed by atoms with Gasteiger partial charge in [-0.15, -0.1) is 0 Å². The maximum atomic E-state index is 5.12. The average Bonchev–Trinajstić information content (AvgIpc) is 3.11. The zero-order valence-corrected chi connectivity index (χ0v) is 24.2. The number of nitrogens with zero attached hydrogens (tertiary/aromatic N) is 1. The number of aromatic nitrogens is 1. The summed E-state index contributed by atoms with van der Waals surface area (Å²) >= 11 is 0. The maximum Gasteiger partial charge on any atom is 0.0715 e. The van der Waals surface area contributed by atoms with E-state index in [9.17, 15) is 0 Å². The van der Waals surface area contributed by atoms with Gasteiger partial charge in [-0.3, -0.25) is 0 Å². The van der Waals surface area contributed by atoms with E-state index in [-0.39, 0.29) is 0 Å².